The standard InChI is InChI=1S/C12H16BrF2N3O/c1-2-18-3-4-19-9(7-18)12-16-6-8(5-13)10(17-12)11(14)15/h6,9,11H,2-5,7H2,1H3. The molecule has 0 spiro atoms. The van der Waals surface area contributed by atoms with Crippen LogP contribution in [0.25, 0.3) is 0 Å². The number of morpholine rings is 1. The Morgan fingerprint density at radius 2 is 2.37 bits per heavy atom. The van der Waals surface area contributed by atoms with E-state index in [0.717, 1.165) is 13.1 Å². The fourth-order valence-corrected chi connectivity index (χ4v) is 2.46. The van der Waals surface area contributed by atoms with Crippen molar-refractivity contribution in [1.29, 1.82) is 0 Å². The molecule has 0 aliphatic carbocycles. The van der Waals surface area contributed by atoms with Gasteiger partial charge >= 0.3 is 0 Å². The highest BCUT2D eigenvalue weighted by atomic mass is 79.9. The van der Waals surface area contributed by atoms with Crippen LogP contribution in [0, 0.1) is 0 Å². The second-order valence-electron chi connectivity index (χ2n) is 4.33. The zero-order valence-corrected chi connectivity index (χ0v) is 12.2. The maximum Gasteiger partial charge on any atom is 0.280 e. The Kier molecular flexibility index (Phi) is 5.18. The highest BCUT2D eigenvalue weighted by molar-refractivity contribution is 9.08. The van der Waals surface area contributed by atoms with Crippen LogP contribution in [0.3, 0.4) is 0 Å². The van der Waals surface area contributed by atoms with Crippen LogP contribution in [-0.2, 0) is 10.1 Å². The van der Waals surface area contributed by atoms with E-state index >= 15 is 0 Å². The molecular formula is C12H16BrF2N3O. The maximum absolute atomic E-state index is 12.9. The summed E-state index contributed by atoms with van der Waals surface area (Å²) < 4.78 is 31.5. The molecule has 1 aliphatic rings. The average Bonchev–Trinajstić information content (AvgIpc) is 2.46. The fraction of sp³-hybridized carbons (Fsp3) is 0.667. The van der Waals surface area contributed by atoms with Crippen molar-refractivity contribution in [3.8, 4) is 0 Å². The van der Waals surface area contributed by atoms with Crippen molar-refractivity contribution in [2.75, 3.05) is 26.2 Å². The van der Waals surface area contributed by atoms with Gasteiger partial charge in [0.05, 0.1) is 6.61 Å². The topological polar surface area (TPSA) is 38.2 Å². The summed E-state index contributed by atoms with van der Waals surface area (Å²) in [5.74, 6) is 0.346. The van der Waals surface area contributed by atoms with E-state index in [-0.39, 0.29) is 11.8 Å². The second-order valence-corrected chi connectivity index (χ2v) is 4.89. The molecule has 0 bridgehead atoms. The number of alkyl halides is 3. The molecule has 0 amide bonds. The summed E-state index contributed by atoms with van der Waals surface area (Å²) in [7, 11) is 0. The number of aromatic nitrogens is 2. The van der Waals surface area contributed by atoms with Crippen molar-refractivity contribution in [2.24, 2.45) is 0 Å². The SMILES string of the molecule is CCN1CCOC(c2ncc(CBr)c(C(F)F)n2)C1. The molecule has 7 heteroatoms. The predicted octanol–water partition coefficient (Wildman–Crippen LogP) is 2.70. The van der Waals surface area contributed by atoms with Crippen LogP contribution in [0.2, 0.25) is 0 Å². The van der Waals surface area contributed by atoms with E-state index in [1.165, 1.54) is 6.20 Å². The van der Waals surface area contributed by atoms with Crippen molar-refractivity contribution < 1.29 is 13.5 Å². The molecule has 106 valence electrons. The Morgan fingerprint density at radius 1 is 1.58 bits per heavy atom. The Bertz CT molecular complexity index is 433. The van der Waals surface area contributed by atoms with Gasteiger partial charge in [0.15, 0.2) is 5.82 Å². The van der Waals surface area contributed by atoms with E-state index < -0.39 is 6.43 Å². The van der Waals surface area contributed by atoms with Crippen molar-refractivity contribution in [3.63, 3.8) is 0 Å². The first-order valence-corrected chi connectivity index (χ1v) is 7.31. The fourth-order valence-electron chi connectivity index (χ4n) is 2.03. The van der Waals surface area contributed by atoms with Gasteiger partial charge in [-0.05, 0) is 6.54 Å². The van der Waals surface area contributed by atoms with Crippen LogP contribution in [0.15, 0.2) is 6.20 Å². The van der Waals surface area contributed by atoms with Gasteiger partial charge in [-0.25, -0.2) is 18.7 Å². The number of likely N-dealkylation sites (N-methyl/N-ethyl adjacent to an activating group) is 1. The van der Waals surface area contributed by atoms with E-state index in [2.05, 4.69) is 37.7 Å². The average molecular weight is 336 g/mol. The number of hydrogen-bond donors (Lipinski definition) is 0. The van der Waals surface area contributed by atoms with E-state index in [1.54, 1.807) is 0 Å². The van der Waals surface area contributed by atoms with Gasteiger partial charge in [-0.2, -0.15) is 0 Å². The summed E-state index contributed by atoms with van der Waals surface area (Å²) in [6.07, 6.45) is -1.47. The van der Waals surface area contributed by atoms with E-state index in [0.29, 0.717) is 29.9 Å². The molecule has 1 aliphatic heterocycles. The van der Waals surface area contributed by atoms with Gasteiger partial charge in [0, 0.05) is 30.2 Å². The van der Waals surface area contributed by atoms with Gasteiger partial charge in [-0.1, -0.05) is 22.9 Å². The van der Waals surface area contributed by atoms with Crippen LogP contribution in [-0.4, -0.2) is 41.1 Å². The lowest BCUT2D eigenvalue weighted by Gasteiger charge is -2.31. The largest absolute Gasteiger partial charge is 0.368 e. The van der Waals surface area contributed by atoms with E-state index in [1.807, 2.05) is 0 Å². The lowest BCUT2D eigenvalue weighted by molar-refractivity contribution is -0.0329. The number of halogens is 3. The molecule has 1 unspecified atom stereocenters. The molecule has 1 aromatic rings. The minimum atomic E-state index is -2.60. The lowest BCUT2D eigenvalue weighted by Crippen LogP contribution is -2.38. The Morgan fingerprint density at radius 3 is 3.00 bits per heavy atom. The smallest absolute Gasteiger partial charge is 0.280 e. The number of hydrogen-bond acceptors (Lipinski definition) is 4. The maximum atomic E-state index is 12.9. The molecule has 1 saturated heterocycles. The summed E-state index contributed by atoms with van der Waals surface area (Å²) in [6, 6.07) is 0. The van der Waals surface area contributed by atoms with E-state index in [4.69, 9.17) is 4.74 Å². The summed E-state index contributed by atoms with van der Waals surface area (Å²) in [5, 5.41) is 0.319. The number of nitrogens with zero attached hydrogens (tertiary/aromatic N) is 3. The highest BCUT2D eigenvalue weighted by Gasteiger charge is 2.25. The number of rotatable bonds is 4. The molecule has 1 fully saturated rings. The molecule has 0 aromatic carbocycles. The molecule has 0 radical (unpaired) electrons. The van der Waals surface area contributed by atoms with Gasteiger partial charge in [-0.15, -0.1) is 0 Å². The zero-order valence-electron chi connectivity index (χ0n) is 10.7. The van der Waals surface area contributed by atoms with Crippen molar-refractivity contribution in [2.45, 2.75) is 24.8 Å². The lowest BCUT2D eigenvalue weighted by atomic mass is 10.2. The van der Waals surface area contributed by atoms with Crippen LogP contribution in [0.4, 0.5) is 8.78 Å². The Labute approximate surface area is 119 Å². The molecular weight excluding hydrogens is 320 g/mol. The first kappa shape index (κ1) is 14.7. The van der Waals surface area contributed by atoms with Gasteiger partial charge < -0.3 is 4.74 Å². The molecule has 4 nitrogen and oxygen atoms in total. The summed E-state index contributed by atoms with van der Waals surface area (Å²) >= 11 is 3.17. The first-order chi connectivity index (χ1) is 9.15. The Hall–Kier alpha value is -0.660. The highest BCUT2D eigenvalue weighted by Crippen LogP contribution is 2.25. The summed E-state index contributed by atoms with van der Waals surface area (Å²) in [6.45, 7) is 5.04. The third-order valence-corrected chi connectivity index (χ3v) is 3.76. The third-order valence-electron chi connectivity index (χ3n) is 3.15. The van der Waals surface area contributed by atoms with Crippen molar-refractivity contribution >= 4 is 15.9 Å². The summed E-state index contributed by atoms with van der Waals surface area (Å²) in [4.78, 5) is 10.3. The summed E-state index contributed by atoms with van der Waals surface area (Å²) in [5.41, 5.74) is 0.209. The van der Waals surface area contributed by atoms with Crippen LogP contribution in [0.1, 0.15) is 36.5 Å². The van der Waals surface area contributed by atoms with Crippen molar-refractivity contribution in [1.82, 2.24) is 14.9 Å². The third kappa shape index (κ3) is 3.46. The molecule has 0 saturated carbocycles. The quantitative estimate of drug-likeness (QED) is 0.793. The Balaban J connectivity index is 2.22. The second kappa shape index (κ2) is 6.67. The predicted molar refractivity (Wildman–Crippen MR) is 70.4 cm³/mol. The molecule has 2 rings (SSSR count). The van der Waals surface area contributed by atoms with Gasteiger partial charge in [-0.3, -0.25) is 4.90 Å². The zero-order chi connectivity index (χ0) is 13.8. The minimum Gasteiger partial charge on any atom is -0.368 e. The van der Waals surface area contributed by atoms with Gasteiger partial charge in [0.25, 0.3) is 6.43 Å². The first-order valence-electron chi connectivity index (χ1n) is 6.19. The van der Waals surface area contributed by atoms with Crippen molar-refractivity contribution in [3.05, 3.63) is 23.3 Å². The molecule has 2 heterocycles. The van der Waals surface area contributed by atoms with Crippen LogP contribution in [0.5, 0.6) is 0 Å². The minimum absolute atomic E-state index is 0.209. The molecule has 1 atom stereocenters. The molecule has 1 aromatic heterocycles. The van der Waals surface area contributed by atoms with E-state index in [9.17, 15) is 8.78 Å². The van der Waals surface area contributed by atoms with Crippen LogP contribution >= 0.6 is 15.9 Å². The van der Waals surface area contributed by atoms with Gasteiger partial charge in [0.1, 0.15) is 11.8 Å². The monoisotopic (exact) mass is 335 g/mol. The molecule has 19 heavy (non-hydrogen) atoms. The normalized spacial score (nSPS) is 21.0. The van der Waals surface area contributed by atoms with Gasteiger partial charge in [0.2, 0.25) is 0 Å². The van der Waals surface area contributed by atoms with Crippen LogP contribution < -0.4 is 0 Å². The molecule has 0 N–H and O–H groups in total. The number of ether oxygens (including phenoxy) is 1.